The van der Waals surface area contributed by atoms with Crippen LogP contribution in [0.15, 0.2) is 23.2 Å². The van der Waals surface area contributed by atoms with Crippen LogP contribution in [-0.4, -0.2) is 37.6 Å². The fraction of sp³-hybridized carbons (Fsp3) is 0.333. The molecule has 0 atom stereocenters. The molecule has 1 aliphatic rings. The number of ether oxygens (including phenoxy) is 2. The molecule has 1 heterocycles. The second-order valence-corrected chi connectivity index (χ2v) is 5.37. The van der Waals surface area contributed by atoms with Crippen LogP contribution in [0, 0.1) is 0 Å². The molecule has 1 aliphatic heterocycles. The summed E-state index contributed by atoms with van der Waals surface area (Å²) >= 11 is 1.55. The van der Waals surface area contributed by atoms with Crippen molar-refractivity contribution in [2.75, 3.05) is 26.5 Å². The Labute approximate surface area is 128 Å². The third-order valence-electron chi connectivity index (χ3n) is 2.92. The summed E-state index contributed by atoms with van der Waals surface area (Å²) in [5.74, 6) is 1.85. The Bertz CT molecular complexity index is 597. The van der Waals surface area contributed by atoms with Crippen molar-refractivity contribution in [2.45, 2.75) is 6.92 Å². The summed E-state index contributed by atoms with van der Waals surface area (Å²) in [4.78, 5) is 16.5. The van der Waals surface area contributed by atoms with Crippen LogP contribution in [0.5, 0.6) is 11.5 Å². The highest BCUT2D eigenvalue weighted by atomic mass is 32.2. The quantitative estimate of drug-likeness (QED) is 0.929. The van der Waals surface area contributed by atoms with E-state index in [9.17, 15) is 4.79 Å². The maximum Gasteiger partial charge on any atom is 0.257 e. The van der Waals surface area contributed by atoms with E-state index in [-0.39, 0.29) is 5.91 Å². The first-order valence-electron chi connectivity index (χ1n) is 6.57. The largest absolute Gasteiger partial charge is 0.493 e. The van der Waals surface area contributed by atoms with E-state index >= 15 is 0 Å². The Morgan fingerprint density at radius 1 is 1.38 bits per heavy atom. The second kappa shape index (κ2) is 7.17. The zero-order valence-electron chi connectivity index (χ0n) is 12.3. The molecule has 0 aliphatic carbocycles. The van der Waals surface area contributed by atoms with E-state index in [1.807, 2.05) is 19.1 Å². The lowest BCUT2D eigenvalue weighted by atomic mass is 10.1. The summed E-state index contributed by atoms with van der Waals surface area (Å²) in [6, 6.07) is 3.44. The lowest BCUT2D eigenvalue weighted by Gasteiger charge is -2.13. The van der Waals surface area contributed by atoms with Gasteiger partial charge in [-0.3, -0.25) is 9.79 Å². The van der Waals surface area contributed by atoms with Crippen LogP contribution in [0.2, 0.25) is 0 Å². The highest BCUT2D eigenvalue weighted by Gasteiger charge is 2.17. The molecule has 2 rings (SSSR count). The minimum Gasteiger partial charge on any atom is -0.493 e. The smallest absolute Gasteiger partial charge is 0.257 e. The Hall–Kier alpha value is -1.95. The number of carbonyl (C=O) groups is 1. The molecule has 0 saturated carbocycles. The van der Waals surface area contributed by atoms with Crippen molar-refractivity contribution in [3.8, 4) is 11.5 Å². The maximum atomic E-state index is 12.3. The Balaban J connectivity index is 2.34. The van der Waals surface area contributed by atoms with Gasteiger partial charge >= 0.3 is 0 Å². The lowest BCUT2D eigenvalue weighted by molar-refractivity contribution is 0.0977. The van der Waals surface area contributed by atoms with Gasteiger partial charge in [0.2, 0.25) is 0 Å². The molecule has 0 saturated heterocycles. The van der Waals surface area contributed by atoms with Crippen LogP contribution >= 0.6 is 11.8 Å². The normalized spacial score (nSPS) is 14.1. The number of methoxy groups -OCH3 is 2. The number of thioether (sulfide) groups is 1. The SMILES string of the molecule is CC=Cc1cc(C(=O)NC2=NCCS2)cc(OC)c1OC. The fourth-order valence-corrected chi connectivity index (χ4v) is 2.73. The van der Waals surface area contributed by atoms with Gasteiger partial charge in [-0.25, -0.2) is 0 Å². The summed E-state index contributed by atoms with van der Waals surface area (Å²) < 4.78 is 10.7. The van der Waals surface area contributed by atoms with Gasteiger partial charge in [0.25, 0.3) is 5.91 Å². The van der Waals surface area contributed by atoms with Crippen LogP contribution in [0.1, 0.15) is 22.8 Å². The standard InChI is InChI=1S/C15H18N2O3S/c1-4-5-10-8-11(9-12(19-2)13(10)20-3)14(18)17-15-16-6-7-21-15/h4-5,8-9H,6-7H2,1-3H3,(H,16,17,18). The van der Waals surface area contributed by atoms with Crippen molar-refractivity contribution >= 4 is 28.9 Å². The molecular weight excluding hydrogens is 288 g/mol. The van der Waals surface area contributed by atoms with Crippen molar-refractivity contribution in [2.24, 2.45) is 4.99 Å². The molecule has 1 aromatic rings. The average molecular weight is 306 g/mol. The zero-order valence-corrected chi connectivity index (χ0v) is 13.1. The molecule has 112 valence electrons. The van der Waals surface area contributed by atoms with Gasteiger partial charge in [0.15, 0.2) is 16.7 Å². The molecule has 1 aromatic carbocycles. The van der Waals surface area contributed by atoms with E-state index in [0.717, 1.165) is 17.9 Å². The molecule has 5 nitrogen and oxygen atoms in total. The summed E-state index contributed by atoms with van der Waals surface area (Å²) in [7, 11) is 3.13. The van der Waals surface area contributed by atoms with Gasteiger partial charge in [0.05, 0.1) is 20.8 Å². The maximum absolute atomic E-state index is 12.3. The van der Waals surface area contributed by atoms with E-state index in [1.165, 1.54) is 0 Å². The first kappa shape index (κ1) is 15.4. The molecule has 0 aromatic heterocycles. The van der Waals surface area contributed by atoms with Crippen LogP contribution in [0.25, 0.3) is 6.08 Å². The number of aliphatic imine (C=N–C) groups is 1. The average Bonchev–Trinajstić information content (AvgIpc) is 2.99. The number of hydrogen-bond donors (Lipinski definition) is 1. The predicted molar refractivity (Wildman–Crippen MR) is 86.5 cm³/mol. The third-order valence-corrected chi connectivity index (χ3v) is 3.81. The minimum absolute atomic E-state index is 0.199. The van der Waals surface area contributed by atoms with Gasteiger partial charge in [-0.2, -0.15) is 0 Å². The number of rotatable bonds is 4. The Morgan fingerprint density at radius 2 is 2.19 bits per heavy atom. The summed E-state index contributed by atoms with van der Waals surface area (Å²) in [5, 5.41) is 3.48. The first-order chi connectivity index (χ1) is 10.2. The van der Waals surface area contributed by atoms with Crippen molar-refractivity contribution in [1.82, 2.24) is 5.32 Å². The van der Waals surface area contributed by atoms with E-state index in [4.69, 9.17) is 9.47 Å². The molecule has 0 fully saturated rings. The van der Waals surface area contributed by atoms with E-state index in [0.29, 0.717) is 22.2 Å². The number of benzene rings is 1. The molecule has 0 bridgehead atoms. The molecule has 0 spiro atoms. The van der Waals surface area contributed by atoms with Crippen LogP contribution in [0.3, 0.4) is 0 Å². The van der Waals surface area contributed by atoms with Crippen molar-refractivity contribution in [3.05, 3.63) is 29.3 Å². The van der Waals surface area contributed by atoms with Gasteiger partial charge in [-0.15, -0.1) is 0 Å². The van der Waals surface area contributed by atoms with E-state index in [2.05, 4.69) is 10.3 Å². The monoisotopic (exact) mass is 306 g/mol. The number of nitrogens with one attached hydrogen (secondary N) is 1. The molecule has 1 N–H and O–H groups in total. The number of hydrogen-bond acceptors (Lipinski definition) is 5. The Morgan fingerprint density at radius 3 is 2.76 bits per heavy atom. The lowest BCUT2D eigenvalue weighted by Crippen LogP contribution is -2.27. The number of amidine groups is 1. The molecule has 0 unspecified atom stereocenters. The van der Waals surface area contributed by atoms with Gasteiger partial charge in [0.1, 0.15) is 0 Å². The highest BCUT2D eigenvalue weighted by Crippen LogP contribution is 2.33. The molecular formula is C15H18N2O3S. The van der Waals surface area contributed by atoms with E-state index < -0.39 is 0 Å². The van der Waals surface area contributed by atoms with Crippen molar-refractivity contribution < 1.29 is 14.3 Å². The minimum atomic E-state index is -0.199. The van der Waals surface area contributed by atoms with Gasteiger partial charge in [-0.1, -0.05) is 23.9 Å². The van der Waals surface area contributed by atoms with Crippen molar-refractivity contribution in [3.63, 3.8) is 0 Å². The van der Waals surface area contributed by atoms with Gasteiger partial charge in [0, 0.05) is 16.9 Å². The molecule has 1 amide bonds. The summed E-state index contributed by atoms with van der Waals surface area (Å²) in [5.41, 5.74) is 1.31. The van der Waals surface area contributed by atoms with Crippen LogP contribution in [0.4, 0.5) is 0 Å². The van der Waals surface area contributed by atoms with Crippen LogP contribution in [-0.2, 0) is 0 Å². The van der Waals surface area contributed by atoms with Gasteiger partial charge in [-0.05, 0) is 19.1 Å². The van der Waals surface area contributed by atoms with Gasteiger partial charge < -0.3 is 14.8 Å². The topological polar surface area (TPSA) is 59.9 Å². The van der Waals surface area contributed by atoms with Crippen molar-refractivity contribution in [1.29, 1.82) is 0 Å². The number of carbonyl (C=O) groups excluding carboxylic acids is 1. The number of amides is 1. The predicted octanol–water partition coefficient (Wildman–Crippen LogP) is 2.57. The Kier molecular flexibility index (Phi) is 5.27. The third kappa shape index (κ3) is 3.58. The second-order valence-electron chi connectivity index (χ2n) is 4.29. The zero-order chi connectivity index (χ0) is 15.2. The summed E-state index contributed by atoms with van der Waals surface area (Å²) in [6.07, 6.45) is 3.76. The first-order valence-corrected chi connectivity index (χ1v) is 7.55. The molecule has 0 radical (unpaired) electrons. The molecule has 6 heteroatoms. The summed E-state index contributed by atoms with van der Waals surface area (Å²) in [6.45, 7) is 2.65. The molecule has 21 heavy (non-hydrogen) atoms. The highest BCUT2D eigenvalue weighted by molar-refractivity contribution is 8.14. The van der Waals surface area contributed by atoms with E-state index in [1.54, 1.807) is 38.1 Å². The number of allylic oxidation sites excluding steroid dienone is 1. The fourth-order valence-electron chi connectivity index (χ4n) is 2.01. The van der Waals surface area contributed by atoms with Crippen LogP contribution < -0.4 is 14.8 Å². The number of nitrogens with zero attached hydrogens (tertiary/aromatic N) is 1.